The molecule has 0 amide bonds. The molecule has 1 heterocycles. The molecule has 0 saturated heterocycles. The van der Waals surface area contributed by atoms with Gasteiger partial charge in [0.25, 0.3) is 0 Å². The smallest absolute Gasteiger partial charge is 0.0484 e. The summed E-state index contributed by atoms with van der Waals surface area (Å²) in [7, 11) is 0. The Morgan fingerprint density at radius 1 is 1.16 bits per heavy atom. The van der Waals surface area contributed by atoms with Gasteiger partial charge >= 0.3 is 0 Å². The van der Waals surface area contributed by atoms with E-state index in [-0.39, 0.29) is 0 Å². The van der Waals surface area contributed by atoms with Gasteiger partial charge in [0.15, 0.2) is 0 Å². The van der Waals surface area contributed by atoms with Crippen LogP contribution in [0.1, 0.15) is 48.2 Å². The number of aryl methyl sites for hydroxylation is 1. The van der Waals surface area contributed by atoms with Crippen molar-refractivity contribution in [3.8, 4) is 0 Å². The number of rotatable bonds is 6. The van der Waals surface area contributed by atoms with E-state index < -0.39 is 0 Å². The fourth-order valence-corrected chi connectivity index (χ4v) is 3.56. The van der Waals surface area contributed by atoms with Gasteiger partial charge in [-0.3, -0.25) is 0 Å². The second-order valence-corrected chi connectivity index (χ2v) is 6.05. The van der Waals surface area contributed by atoms with E-state index in [0.717, 1.165) is 6.54 Å². The molecule has 0 aliphatic rings. The third kappa shape index (κ3) is 3.46. The van der Waals surface area contributed by atoms with E-state index in [1.807, 2.05) is 11.3 Å². The van der Waals surface area contributed by atoms with Gasteiger partial charge < -0.3 is 5.32 Å². The molecule has 1 N–H and O–H groups in total. The van der Waals surface area contributed by atoms with Crippen molar-refractivity contribution in [3.05, 3.63) is 57.8 Å². The summed E-state index contributed by atoms with van der Waals surface area (Å²) in [5.41, 5.74) is 2.81. The molecule has 0 aliphatic heterocycles. The minimum Gasteiger partial charge on any atom is -0.309 e. The molecule has 2 heteroatoms. The number of benzene rings is 1. The van der Waals surface area contributed by atoms with Crippen molar-refractivity contribution in [1.29, 1.82) is 0 Å². The fourth-order valence-electron chi connectivity index (χ4n) is 2.45. The van der Waals surface area contributed by atoms with E-state index in [1.54, 1.807) is 0 Å². The molecule has 0 bridgehead atoms. The second-order valence-electron chi connectivity index (χ2n) is 5.10. The largest absolute Gasteiger partial charge is 0.309 e. The molecule has 2 rings (SSSR count). The molecular formula is C17H23NS. The third-order valence-corrected chi connectivity index (χ3v) is 4.73. The maximum absolute atomic E-state index is 3.72. The highest BCUT2D eigenvalue weighted by Gasteiger charge is 2.22. The van der Waals surface area contributed by atoms with Gasteiger partial charge in [-0.05, 0) is 42.5 Å². The zero-order chi connectivity index (χ0) is 13.7. The topological polar surface area (TPSA) is 12.0 Å². The predicted octanol–water partition coefficient (Wildman–Crippen LogP) is 4.90. The van der Waals surface area contributed by atoms with E-state index >= 15 is 0 Å². The molecule has 19 heavy (non-hydrogen) atoms. The van der Waals surface area contributed by atoms with Crippen molar-refractivity contribution in [1.82, 2.24) is 5.32 Å². The van der Waals surface area contributed by atoms with Crippen LogP contribution in [0.4, 0.5) is 0 Å². The number of thiophene rings is 1. The molecule has 2 aromatic rings. The first-order valence-corrected chi connectivity index (χ1v) is 7.94. The van der Waals surface area contributed by atoms with E-state index in [1.165, 1.54) is 22.4 Å². The van der Waals surface area contributed by atoms with Crippen LogP contribution in [0.5, 0.6) is 0 Å². The van der Waals surface area contributed by atoms with Gasteiger partial charge in [-0.2, -0.15) is 0 Å². The first-order chi connectivity index (χ1) is 9.24. The van der Waals surface area contributed by atoms with Crippen molar-refractivity contribution in [2.45, 2.75) is 39.2 Å². The summed E-state index contributed by atoms with van der Waals surface area (Å²) >= 11 is 1.87. The van der Waals surface area contributed by atoms with Crippen LogP contribution >= 0.6 is 11.3 Å². The highest BCUT2D eigenvalue weighted by molar-refractivity contribution is 7.10. The van der Waals surface area contributed by atoms with Gasteiger partial charge in [0.1, 0.15) is 0 Å². The van der Waals surface area contributed by atoms with Gasteiger partial charge in [-0.15, -0.1) is 11.3 Å². The summed E-state index contributed by atoms with van der Waals surface area (Å²) in [4.78, 5) is 1.48. The highest BCUT2D eigenvalue weighted by Crippen LogP contribution is 2.35. The van der Waals surface area contributed by atoms with Crippen molar-refractivity contribution >= 4 is 11.3 Å². The maximum Gasteiger partial charge on any atom is 0.0484 e. The number of hydrogen-bond acceptors (Lipinski definition) is 2. The lowest BCUT2D eigenvalue weighted by Gasteiger charge is -2.25. The fraction of sp³-hybridized carbons (Fsp3) is 0.412. The zero-order valence-electron chi connectivity index (χ0n) is 12.0. The molecule has 0 radical (unpaired) electrons. The van der Waals surface area contributed by atoms with Gasteiger partial charge in [-0.25, -0.2) is 0 Å². The van der Waals surface area contributed by atoms with Crippen molar-refractivity contribution in [2.75, 3.05) is 6.54 Å². The zero-order valence-corrected chi connectivity index (χ0v) is 12.8. The summed E-state index contributed by atoms with van der Waals surface area (Å²) < 4.78 is 0. The van der Waals surface area contributed by atoms with Gasteiger partial charge in [0.2, 0.25) is 0 Å². The number of hydrogen-bond donors (Lipinski definition) is 1. The second kappa shape index (κ2) is 6.88. The number of nitrogens with one attached hydrogen (secondary N) is 1. The molecule has 0 saturated carbocycles. The Hall–Kier alpha value is -1.12. The van der Waals surface area contributed by atoms with Crippen LogP contribution in [0.25, 0.3) is 0 Å². The van der Waals surface area contributed by atoms with Gasteiger partial charge in [0, 0.05) is 16.8 Å². The van der Waals surface area contributed by atoms with Crippen molar-refractivity contribution in [3.63, 3.8) is 0 Å². The molecule has 0 fully saturated rings. The lowest BCUT2D eigenvalue weighted by molar-refractivity contribution is 0.471. The first kappa shape index (κ1) is 14.3. The Labute approximate surface area is 120 Å². The lowest BCUT2D eigenvalue weighted by atomic mass is 9.91. The molecule has 1 aromatic heterocycles. The molecule has 2 unspecified atom stereocenters. The third-order valence-electron chi connectivity index (χ3n) is 3.62. The Morgan fingerprint density at radius 3 is 2.47 bits per heavy atom. The molecule has 2 atom stereocenters. The Morgan fingerprint density at radius 2 is 1.89 bits per heavy atom. The normalized spacial score (nSPS) is 14.3. The average molecular weight is 273 g/mol. The van der Waals surface area contributed by atoms with Crippen LogP contribution < -0.4 is 5.32 Å². The standard InChI is InChI=1S/C17H23NS/c1-4-11-18-16(17-13(2)10-12-19-17)14(3)15-8-6-5-7-9-15/h5-10,12,14,16,18H,4,11H2,1-3H3. The Kier molecular flexibility index (Phi) is 5.17. The molecular weight excluding hydrogens is 250 g/mol. The molecule has 1 aromatic carbocycles. The highest BCUT2D eigenvalue weighted by atomic mass is 32.1. The van der Waals surface area contributed by atoms with Gasteiger partial charge in [0.05, 0.1) is 0 Å². The summed E-state index contributed by atoms with van der Waals surface area (Å²) in [5, 5.41) is 5.92. The monoisotopic (exact) mass is 273 g/mol. The maximum atomic E-state index is 3.72. The van der Waals surface area contributed by atoms with Crippen molar-refractivity contribution in [2.24, 2.45) is 0 Å². The van der Waals surface area contributed by atoms with Crippen molar-refractivity contribution < 1.29 is 0 Å². The van der Waals surface area contributed by atoms with Crippen LogP contribution in [0.3, 0.4) is 0 Å². The van der Waals surface area contributed by atoms with Crippen LogP contribution in [0, 0.1) is 6.92 Å². The summed E-state index contributed by atoms with van der Waals surface area (Å²) in [6.07, 6.45) is 1.17. The summed E-state index contributed by atoms with van der Waals surface area (Å²) in [5.74, 6) is 0.491. The van der Waals surface area contributed by atoms with Gasteiger partial charge in [-0.1, -0.05) is 44.2 Å². The first-order valence-electron chi connectivity index (χ1n) is 7.06. The van der Waals surface area contributed by atoms with E-state index in [4.69, 9.17) is 0 Å². The average Bonchev–Trinajstić information content (AvgIpc) is 2.86. The molecule has 0 aliphatic carbocycles. The minimum absolute atomic E-state index is 0.419. The Balaban J connectivity index is 2.25. The SMILES string of the molecule is CCCNC(c1sccc1C)C(C)c1ccccc1. The Bertz CT molecular complexity index is 489. The summed E-state index contributed by atoms with van der Waals surface area (Å²) in [6.45, 7) is 7.82. The molecule has 1 nitrogen and oxygen atoms in total. The van der Waals surface area contributed by atoms with Crippen LogP contribution in [0.15, 0.2) is 41.8 Å². The summed E-state index contributed by atoms with van der Waals surface area (Å²) in [6, 6.07) is 13.4. The van der Waals surface area contributed by atoms with E-state index in [9.17, 15) is 0 Å². The quantitative estimate of drug-likeness (QED) is 0.789. The van der Waals surface area contributed by atoms with E-state index in [2.05, 4.69) is 67.9 Å². The minimum atomic E-state index is 0.419. The van der Waals surface area contributed by atoms with Crippen LogP contribution in [-0.4, -0.2) is 6.54 Å². The van der Waals surface area contributed by atoms with E-state index in [0.29, 0.717) is 12.0 Å². The molecule has 0 spiro atoms. The van der Waals surface area contributed by atoms with Crippen LogP contribution in [-0.2, 0) is 0 Å². The lowest BCUT2D eigenvalue weighted by Crippen LogP contribution is -2.26. The predicted molar refractivity (Wildman–Crippen MR) is 84.9 cm³/mol. The van der Waals surface area contributed by atoms with Crippen LogP contribution in [0.2, 0.25) is 0 Å². The molecule has 102 valence electrons.